The molecule has 1 atom stereocenters. The molecule has 2 heterocycles. The maximum Gasteiger partial charge on any atom is 0.247 e. The summed E-state index contributed by atoms with van der Waals surface area (Å²) in [6.07, 6.45) is 4.53. The Kier molecular flexibility index (Phi) is 6.32. The summed E-state index contributed by atoms with van der Waals surface area (Å²) in [5.74, 6) is 0.164. The number of carbonyl (C=O) groups is 2. The van der Waals surface area contributed by atoms with E-state index in [1.54, 1.807) is 4.90 Å². The number of benzene rings is 1. The van der Waals surface area contributed by atoms with Gasteiger partial charge in [0.15, 0.2) is 5.96 Å². The van der Waals surface area contributed by atoms with Crippen molar-refractivity contribution in [3.63, 3.8) is 0 Å². The van der Waals surface area contributed by atoms with E-state index >= 15 is 0 Å². The van der Waals surface area contributed by atoms with Crippen molar-refractivity contribution in [2.24, 2.45) is 10.7 Å². The number of aliphatic imine (C=N–C) groups is 1. The van der Waals surface area contributed by atoms with E-state index in [1.807, 2.05) is 36.1 Å². The number of hydrogen-bond acceptors (Lipinski definition) is 3. The lowest BCUT2D eigenvalue weighted by Crippen LogP contribution is -2.45. The number of guanidine groups is 1. The van der Waals surface area contributed by atoms with E-state index in [1.165, 1.54) is 0 Å². The molecule has 0 saturated carbocycles. The summed E-state index contributed by atoms with van der Waals surface area (Å²) in [6.45, 7) is 4.36. The van der Waals surface area contributed by atoms with Gasteiger partial charge in [-0.25, -0.2) is 4.99 Å². The van der Waals surface area contributed by atoms with Gasteiger partial charge in [0.2, 0.25) is 11.8 Å². The Labute approximate surface area is 160 Å². The van der Waals surface area contributed by atoms with E-state index in [9.17, 15) is 9.59 Å². The van der Waals surface area contributed by atoms with Crippen LogP contribution in [0, 0.1) is 6.92 Å². The molecule has 1 aromatic rings. The second kappa shape index (κ2) is 8.88. The third-order valence-corrected chi connectivity index (χ3v) is 5.12. The Morgan fingerprint density at radius 2 is 1.96 bits per heavy atom. The Balaban J connectivity index is 1.64. The first-order valence-electron chi connectivity index (χ1n) is 9.76. The lowest BCUT2D eigenvalue weighted by atomic mass is 10.1. The molecule has 1 aromatic carbocycles. The molecule has 7 heteroatoms. The molecule has 0 aromatic heterocycles. The monoisotopic (exact) mass is 371 g/mol. The number of rotatable bonds is 4. The topological polar surface area (TPSA) is 91.0 Å². The zero-order chi connectivity index (χ0) is 19.2. The second-order valence-electron chi connectivity index (χ2n) is 7.37. The van der Waals surface area contributed by atoms with Crippen LogP contribution in [0.4, 0.5) is 5.69 Å². The maximum atomic E-state index is 12.9. The second-order valence-corrected chi connectivity index (χ2v) is 7.37. The van der Waals surface area contributed by atoms with Gasteiger partial charge in [-0.1, -0.05) is 12.1 Å². The van der Waals surface area contributed by atoms with Gasteiger partial charge in [-0.2, -0.15) is 0 Å². The molecule has 2 fully saturated rings. The largest absolute Gasteiger partial charge is 0.370 e. The number of hydrogen-bond donors (Lipinski definition) is 2. The van der Waals surface area contributed by atoms with Crippen molar-refractivity contribution < 1.29 is 9.59 Å². The van der Waals surface area contributed by atoms with Crippen LogP contribution in [-0.2, 0) is 9.59 Å². The van der Waals surface area contributed by atoms with Crippen molar-refractivity contribution in [3.8, 4) is 0 Å². The van der Waals surface area contributed by atoms with E-state index in [-0.39, 0.29) is 24.3 Å². The molecule has 2 saturated heterocycles. The van der Waals surface area contributed by atoms with Gasteiger partial charge in [0.05, 0.1) is 6.54 Å². The van der Waals surface area contributed by atoms with Crippen LogP contribution < -0.4 is 11.1 Å². The Bertz CT molecular complexity index is 712. The summed E-state index contributed by atoms with van der Waals surface area (Å²) in [5, 5.41) is 3.05. The van der Waals surface area contributed by atoms with Crippen LogP contribution in [0.5, 0.6) is 0 Å². The number of nitrogens with two attached hydrogens (primary N) is 1. The summed E-state index contributed by atoms with van der Waals surface area (Å²) in [7, 11) is 0. The number of nitrogens with zero attached hydrogens (tertiary/aromatic N) is 3. The number of amides is 2. The van der Waals surface area contributed by atoms with Gasteiger partial charge < -0.3 is 20.9 Å². The third-order valence-electron chi connectivity index (χ3n) is 5.12. The van der Waals surface area contributed by atoms with Gasteiger partial charge >= 0.3 is 0 Å². The number of likely N-dealkylation sites (tertiary alicyclic amines) is 2. The first-order chi connectivity index (χ1) is 13.0. The summed E-state index contributed by atoms with van der Waals surface area (Å²) in [4.78, 5) is 33.3. The minimum Gasteiger partial charge on any atom is -0.370 e. The van der Waals surface area contributed by atoms with Crippen LogP contribution in [-0.4, -0.2) is 59.8 Å². The van der Waals surface area contributed by atoms with E-state index < -0.39 is 6.04 Å². The summed E-state index contributed by atoms with van der Waals surface area (Å²) < 4.78 is 0. The van der Waals surface area contributed by atoms with Crippen LogP contribution in [0.3, 0.4) is 0 Å². The first-order valence-corrected chi connectivity index (χ1v) is 9.76. The fraction of sp³-hybridized carbons (Fsp3) is 0.550. The van der Waals surface area contributed by atoms with Crippen LogP contribution >= 0.6 is 0 Å². The van der Waals surface area contributed by atoms with Gasteiger partial charge in [0, 0.05) is 25.3 Å². The van der Waals surface area contributed by atoms with Crippen molar-refractivity contribution in [3.05, 3.63) is 29.8 Å². The zero-order valence-corrected chi connectivity index (χ0v) is 16.0. The van der Waals surface area contributed by atoms with Gasteiger partial charge in [-0.05, 0) is 56.7 Å². The molecular weight excluding hydrogens is 342 g/mol. The van der Waals surface area contributed by atoms with Crippen molar-refractivity contribution in [1.29, 1.82) is 0 Å². The minimum atomic E-state index is -0.531. The third kappa shape index (κ3) is 5.21. The molecule has 3 rings (SSSR count). The van der Waals surface area contributed by atoms with Crippen molar-refractivity contribution in [2.45, 2.75) is 45.1 Å². The van der Waals surface area contributed by atoms with Crippen molar-refractivity contribution in [2.75, 3.05) is 31.5 Å². The van der Waals surface area contributed by atoms with Crippen LogP contribution in [0.15, 0.2) is 29.3 Å². The van der Waals surface area contributed by atoms with Gasteiger partial charge in [-0.3, -0.25) is 9.59 Å². The molecule has 0 bridgehead atoms. The molecule has 2 aliphatic rings. The number of aryl methyl sites for hydroxylation is 1. The van der Waals surface area contributed by atoms with Crippen molar-refractivity contribution >= 4 is 23.5 Å². The minimum absolute atomic E-state index is 0.0383. The Morgan fingerprint density at radius 1 is 1.22 bits per heavy atom. The normalized spacial score (nSPS) is 21.3. The number of carbonyl (C=O) groups excluding carboxylic acids is 2. The van der Waals surface area contributed by atoms with Gasteiger partial charge in [0.25, 0.3) is 0 Å². The van der Waals surface area contributed by atoms with E-state index in [2.05, 4.69) is 10.3 Å². The average molecular weight is 371 g/mol. The maximum absolute atomic E-state index is 12.9. The highest BCUT2D eigenvalue weighted by Crippen LogP contribution is 2.17. The highest BCUT2D eigenvalue weighted by molar-refractivity contribution is 5.95. The van der Waals surface area contributed by atoms with E-state index in [4.69, 9.17) is 5.73 Å². The quantitative estimate of drug-likeness (QED) is 0.623. The predicted molar refractivity (Wildman–Crippen MR) is 106 cm³/mol. The molecule has 27 heavy (non-hydrogen) atoms. The smallest absolute Gasteiger partial charge is 0.247 e. The van der Waals surface area contributed by atoms with Crippen LogP contribution in [0.25, 0.3) is 0 Å². The molecule has 7 nitrogen and oxygen atoms in total. The molecule has 146 valence electrons. The number of anilines is 1. The molecule has 3 N–H and O–H groups in total. The SMILES string of the molecule is Cc1cccc(NC(N)=N[C@H]2CCCCN(CC(=O)N3CCCC3)C2=O)c1. The lowest BCUT2D eigenvalue weighted by Gasteiger charge is -2.25. The summed E-state index contributed by atoms with van der Waals surface area (Å²) in [6, 6.07) is 7.29. The Morgan fingerprint density at radius 3 is 2.70 bits per heavy atom. The highest BCUT2D eigenvalue weighted by atomic mass is 16.2. The molecular formula is C20H29N5O2. The summed E-state index contributed by atoms with van der Waals surface area (Å²) >= 11 is 0. The summed E-state index contributed by atoms with van der Waals surface area (Å²) in [5.41, 5.74) is 8.00. The Hall–Kier alpha value is -2.57. The van der Waals surface area contributed by atoms with E-state index in [0.29, 0.717) is 13.0 Å². The fourth-order valence-corrected chi connectivity index (χ4v) is 3.66. The lowest BCUT2D eigenvalue weighted by molar-refractivity contribution is -0.140. The molecule has 0 spiro atoms. The first kappa shape index (κ1) is 19.2. The highest BCUT2D eigenvalue weighted by Gasteiger charge is 2.30. The molecule has 0 aliphatic carbocycles. The number of nitrogens with one attached hydrogen (secondary N) is 1. The fourth-order valence-electron chi connectivity index (χ4n) is 3.66. The van der Waals surface area contributed by atoms with Crippen molar-refractivity contribution in [1.82, 2.24) is 9.80 Å². The standard InChI is InChI=1S/C20H29N5O2/c1-15-7-6-8-16(13-15)22-20(21)23-17-9-2-3-12-25(19(17)27)14-18(26)24-10-4-5-11-24/h6-8,13,17H,2-5,9-12,14H2,1H3,(H3,21,22,23)/t17-/m0/s1. The zero-order valence-electron chi connectivity index (χ0n) is 16.0. The van der Waals surface area contributed by atoms with Gasteiger partial charge in [-0.15, -0.1) is 0 Å². The molecule has 0 unspecified atom stereocenters. The molecule has 2 aliphatic heterocycles. The van der Waals surface area contributed by atoms with E-state index in [0.717, 1.165) is 50.0 Å². The molecule has 0 radical (unpaired) electrons. The van der Waals surface area contributed by atoms with Gasteiger partial charge in [0.1, 0.15) is 6.04 Å². The molecule has 2 amide bonds. The van der Waals surface area contributed by atoms with Crippen LogP contribution in [0.2, 0.25) is 0 Å². The predicted octanol–water partition coefficient (Wildman–Crippen LogP) is 1.73. The average Bonchev–Trinajstić information content (AvgIpc) is 3.12. The van der Waals surface area contributed by atoms with Crippen LogP contribution in [0.1, 0.15) is 37.7 Å².